The lowest BCUT2D eigenvalue weighted by Crippen LogP contribution is -2.42. The van der Waals surface area contributed by atoms with Gasteiger partial charge < -0.3 is 15.0 Å². The summed E-state index contributed by atoms with van der Waals surface area (Å²) >= 11 is 0. The summed E-state index contributed by atoms with van der Waals surface area (Å²) in [6.07, 6.45) is 3.89. The molecule has 1 N–H and O–H groups in total. The Bertz CT molecular complexity index is 1220. The first-order valence-corrected chi connectivity index (χ1v) is 11.5. The van der Waals surface area contributed by atoms with Crippen molar-refractivity contribution < 1.29 is 18.7 Å². The Morgan fingerprint density at radius 1 is 1.24 bits per heavy atom. The highest BCUT2D eigenvalue weighted by Crippen LogP contribution is 2.46. The third kappa shape index (κ3) is 4.55. The van der Waals surface area contributed by atoms with Crippen molar-refractivity contribution in [1.29, 1.82) is 0 Å². The fourth-order valence-electron chi connectivity index (χ4n) is 4.12. The maximum Gasteiger partial charge on any atom is 0.255 e. The molecule has 0 bridgehead atoms. The highest BCUT2D eigenvalue weighted by atomic mass is 19.1. The molecule has 1 fully saturated rings. The second-order valence-corrected chi connectivity index (χ2v) is 9.73. The molecule has 0 unspecified atom stereocenters. The van der Waals surface area contributed by atoms with Gasteiger partial charge in [-0.25, -0.2) is 8.91 Å². The van der Waals surface area contributed by atoms with Gasteiger partial charge in [-0.05, 0) is 54.7 Å². The Kier molecular flexibility index (Phi) is 6.45. The van der Waals surface area contributed by atoms with Crippen LogP contribution in [0.15, 0.2) is 36.5 Å². The summed E-state index contributed by atoms with van der Waals surface area (Å²) in [6.45, 7) is 6.50. The van der Waals surface area contributed by atoms with Crippen LogP contribution < -0.4 is 10.2 Å². The van der Waals surface area contributed by atoms with Gasteiger partial charge in [0.15, 0.2) is 0 Å². The van der Waals surface area contributed by atoms with Crippen LogP contribution >= 0.6 is 0 Å². The minimum atomic E-state index is -0.583. The monoisotopic (exact) mass is 466 g/mol. The third-order valence-electron chi connectivity index (χ3n) is 6.07. The summed E-state index contributed by atoms with van der Waals surface area (Å²) < 4.78 is 20.5. The Balaban J connectivity index is 1.95. The van der Waals surface area contributed by atoms with E-state index in [1.54, 1.807) is 35.7 Å². The zero-order valence-electron chi connectivity index (χ0n) is 20.3. The number of halogens is 1. The molecule has 1 aliphatic carbocycles. The van der Waals surface area contributed by atoms with E-state index in [1.165, 1.54) is 12.1 Å². The molecule has 180 valence electrons. The van der Waals surface area contributed by atoms with Gasteiger partial charge in [0.25, 0.3) is 5.91 Å². The van der Waals surface area contributed by atoms with Crippen LogP contribution in [0, 0.1) is 11.2 Å². The number of carbonyl (C=O) groups is 2. The number of hydrogen-bond acceptors (Lipinski definition) is 4. The number of benzene rings is 1. The number of amides is 2. The van der Waals surface area contributed by atoms with E-state index in [2.05, 4.69) is 5.32 Å². The molecule has 2 aromatic heterocycles. The van der Waals surface area contributed by atoms with Crippen molar-refractivity contribution in [2.24, 2.45) is 5.41 Å². The topological polar surface area (TPSA) is 75.9 Å². The molecule has 2 amide bonds. The summed E-state index contributed by atoms with van der Waals surface area (Å²) in [5.41, 5.74) is 3.40. The van der Waals surface area contributed by atoms with Gasteiger partial charge in [0.1, 0.15) is 11.5 Å². The second-order valence-electron chi connectivity index (χ2n) is 9.73. The Hall–Kier alpha value is -3.26. The van der Waals surface area contributed by atoms with Crippen molar-refractivity contribution in [2.45, 2.75) is 39.5 Å². The van der Waals surface area contributed by atoms with Crippen molar-refractivity contribution in [1.82, 2.24) is 14.9 Å². The lowest BCUT2D eigenvalue weighted by atomic mass is 9.93. The molecule has 4 rings (SSSR count). The predicted molar refractivity (Wildman–Crippen MR) is 130 cm³/mol. The van der Waals surface area contributed by atoms with Crippen LogP contribution in [0.1, 0.15) is 55.5 Å². The van der Waals surface area contributed by atoms with E-state index >= 15 is 0 Å². The number of nitrogens with one attached hydrogen (secondary N) is 1. The SMILES string of the molecule is CNC(=O)c1c(-c2ccc(F)cc2)nn2cc(N(CCOC)C(=O)C(C)(C)C)c(C3CC3)cc12. The molecular weight excluding hydrogens is 435 g/mol. The molecule has 3 aromatic rings. The normalized spacial score (nSPS) is 13.8. The van der Waals surface area contributed by atoms with Gasteiger partial charge in [-0.15, -0.1) is 0 Å². The molecule has 8 heteroatoms. The van der Waals surface area contributed by atoms with Crippen LogP contribution in [-0.4, -0.2) is 48.7 Å². The molecule has 2 heterocycles. The second kappa shape index (κ2) is 9.18. The average Bonchev–Trinajstić information content (AvgIpc) is 3.58. The molecule has 1 aromatic carbocycles. The highest BCUT2D eigenvalue weighted by molar-refractivity contribution is 6.07. The van der Waals surface area contributed by atoms with Crippen molar-refractivity contribution in [3.05, 3.63) is 53.5 Å². The number of anilines is 1. The zero-order valence-corrected chi connectivity index (χ0v) is 20.3. The molecule has 7 nitrogen and oxygen atoms in total. The number of carbonyl (C=O) groups excluding carboxylic acids is 2. The first-order valence-electron chi connectivity index (χ1n) is 11.5. The maximum absolute atomic E-state index is 13.5. The Morgan fingerprint density at radius 2 is 1.91 bits per heavy atom. The van der Waals surface area contributed by atoms with Crippen LogP contribution in [0.4, 0.5) is 10.1 Å². The van der Waals surface area contributed by atoms with Gasteiger partial charge in [-0.1, -0.05) is 20.8 Å². The van der Waals surface area contributed by atoms with Crippen molar-refractivity contribution in [2.75, 3.05) is 32.2 Å². The number of rotatable bonds is 7. The summed E-state index contributed by atoms with van der Waals surface area (Å²) in [6, 6.07) is 7.90. The summed E-state index contributed by atoms with van der Waals surface area (Å²) in [4.78, 5) is 28.1. The molecule has 1 saturated carbocycles. The van der Waals surface area contributed by atoms with Crippen LogP contribution in [0.25, 0.3) is 16.8 Å². The molecule has 34 heavy (non-hydrogen) atoms. The predicted octanol–water partition coefficient (Wildman–Crippen LogP) is 4.40. The van der Waals surface area contributed by atoms with E-state index < -0.39 is 5.41 Å². The Labute approximate surface area is 198 Å². The van der Waals surface area contributed by atoms with Crippen LogP contribution in [0.2, 0.25) is 0 Å². The van der Waals surface area contributed by atoms with E-state index in [0.29, 0.717) is 41.4 Å². The van der Waals surface area contributed by atoms with Crippen molar-refractivity contribution >= 4 is 23.0 Å². The molecule has 0 radical (unpaired) electrons. The molecule has 0 atom stereocenters. The van der Waals surface area contributed by atoms with Crippen LogP contribution in [0.5, 0.6) is 0 Å². The van der Waals surface area contributed by atoms with Gasteiger partial charge in [0.2, 0.25) is 5.91 Å². The fraction of sp³-hybridized carbons (Fsp3) is 0.423. The van der Waals surface area contributed by atoms with Gasteiger partial charge in [-0.2, -0.15) is 5.10 Å². The van der Waals surface area contributed by atoms with Crippen LogP contribution in [0.3, 0.4) is 0 Å². The zero-order chi connectivity index (χ0) is 24.6. The van der Waals surface area contributed by atoms with Gasteiger partial charge in [0.05, 0.1) is 29.6 Å². The smallest absolute Gasteiger partial charge is 0.255 e. The molecule has 0 aliphatic heterocycles. The number of pyridine rings is 1. The summed E-state index contributed by atoms with van der Waals surface area (Å²) in [5, 5.41) is 7.41. The van der Waals surface area contributed by atoms with E-state index in [9.17, 15) is 14.0 Å². The Morgan fingerprint density at radius 3 is 2.47 bits per heavy atom. The number of fused-ring (bicyclic) bond motifs is 1. The maximum atomic E-state index is 13.5. The van der Waals surface area contributed by atoms with Crippen molar-refractivity contribution in [3.63, 3.8) is 0 Å². The van der Waals surface area contributed by atoms with Gasteiger partial charge in [-0.3, -0.25) is 9.59 Å². The van der Waals surface area contributed by atoms with E-state index in [-0.39, 0.29) is 17.6 Å². The minimum absolute atomic E-state index is 0.0109. The number of methoxy groups -OCH3 is 1. The van der Waals surface area contributed by atoms with Gasteiger partial charge in [0, 0.05) is 31.7 Å². The number of hydrogen-bond donors (Lipinski definition) is 1. The van der Waals surface area contributed by atoms with E-state index in [4.69, 9.17) is 9.84 Å². The molecule has 0 saturated heterocycles. The summed E-state index contributed by atoms with van der Waals surface area (Å²) in [5.74, 6) is -0.324. The van der Waals surface area contributed by atoms with Gasteiger partial charge >= 0.3 is 0 Å². The van der Waals surface area contributed by atoms with E-state index in [1.807, 2.05) is 33.0 Å². The molecular formula is C26H31FN4O3. The molecule has 0 spiro atoms. The lowest BCUT2D eigenvalue weighted by molar-refractivity contribution is -0.125. The minimum Gasteiger partial charge on any atom is -0.383 e. The van der Waals surface area contributed by atoms with E-state index in [0.717, 1.165) is 24.1 Å². The van der Waals surface area contributed by atoms with Crippen molar-refractivity contribution in [3.8, 4) is 11.3 Å². The molecule has 1 aliphatic rings. The third-order valence-corrected chi connectivity index (χ3v) is 6.07. The number of aromatic nitrogens is 2. The largest absolute Gasteiger partial charge is 0.383 e. The first kappa shape index (κ1) is 23.9. The average molecular weight is 467 g/mol. The highest BCUT2D eigenvalue weighted by Gasteiger charge is 2.35. The standard InChI is InChI=1S/C26H31FN4O3/c1-26(2,3)25(33)30(12-13-34-5)21-15-31-20(14-19(21)16-6-7-16)22(24(32)28-4)23(29-31)17-8-10-18(27)11-9-17/h8-11,14-16H,6-7,12-13H2,1-5H3,(H,28,32). The number of nitrogens with zero attached hydrogens (tertiary/aromatic N) is 3. The fourth-order valence-corrected chi connectivity index (χ4v) is 4.12. The first-order chi connectivity index (χ1) is 16.2. The lowest BCUT2D eigenvalue weighted by Gasteiger charge is -2.31. The quantitative estimate of drug-likeness (QED) is 0.560. The van der Waals surface area contributed by atoms with Crippen LogP contribution in [-0.2, 0) is 9.53 Å². The summed E-state index contributed by atoms with van der Waals surface area (Å²) in [7, 11) is 3.19. The number of ether oxygens (including phenoxy) is 1.